The van der Waals surface area contributed by atoms with Gasteiger partial charge in [-0.15, -0.1) is 0 Å². The second kappa shape index (κ2) is 4.56. The molecule has 3 N–H and O–H groups in total. The van der Waals surface area contributed by atoms with Crippen molar-refractivity contribution in [3.05, 3.63) is 34.6 Å². The number of halogens is 2. The van der Waals surface area contributed by atoms with Crippen LogP contribution in [0.4, 0.5) is 4.39 Å². The number of aliphatic hydroxyl groups is 1. The zero-order chi connectivity index (χ0) is 9.84. The van der Waals surface area contributed by atoms with Crippen LogP contribution in [0.5, 0.6) is 0 Å². The lowest BCUT2D eigenvalue weighted by molar-refractivity contribution is 0.183. The van der Waals surface area contributed by atoms with Crippen LogP contribution in [-0.2, 0) is 6.42 Å². The topological polar surface area (TPSA) is 46.2 Å². The van der Waals surface area contributed by atoms with Crippen molar-refractivity contribution in [2.24, 2.45) is 5.73 Å². The summed E-state index contributed by atoms with van der Waals surface area (Å²) in [7, 11) is 0. The van der Waals surface area contributed by atoms with E-state index in [2.05, 4.69) is 0 Å². The van der Waals surface area contributed by atoms with Crippen LogP contribution in [0.1, 0.15) is 5.56 Å². The van der Waals surface area contributed by atoms with Crippen LogP contribution in [-0.4, -0.2) is 17.8 Å². The molecular formula is C9H11ClFNO. The number of rotatable bonds is 3. The first-order chi connectivity index (χ1) is 6.15. The van der Waals surface area contributed by atoms with E-state index >= 15 is 0 Å². The molecule has 0 aliphatic heterocycles. The van der Waals surface area contributed by atoms with Gasteiger partial charge < -0.3 is 10.8 Å². The van der Waals surface area contributed by atoms with Crippen LogP contribution in [0, 0.1) is 5.82 Å². The SMILES string of the molecule is NCC(O)Cc1cccc(F)c1Cl. The third-order valence-corrected chi connectivity index (χ3v) is 2.18. The van der Waals surface area contributed by atoms with E-state index in [4.69, 9.17) is 17.3 Å². The highest BCUT2D eigenvalue weighted by molar-refractivity contribution is 6.31. The number of hydrogen-bond acceptors (Lipinski definition) is 2. The summed E-state index contributed by atoms with van der Waals surface area (Å²) in [5, 5.41) is 9.29. The quantitative estimate of drug-likeness (QED) is 0.779. The van der Waals surface area contributed by atoms with Crippen molar-refractivity contribution in [2.75, 3.05) is 6.54 Å². The molecule has 1 atom stereocenters. The Bertz CT molecular complexity index is 293. The van der Waals surface area contributed by atoms with Crippen molar-refractivity contribution < 1.29 is 9.50 Å². The van der Waals surface area contributed by atoms with Gasteiger partial charge in [-0.3, -0.25) is 0 Å². The minimum absolute atomic E-state index is 0.0648. The molecule has 1 unspecified atom stereocenters. The molecule has 1 rings (SSSR count). The first kappa shape index (κ1) is 10.4. The van der Waals surface area contributed by atoms with Crippen LogP contribution in [0.15, 0.2) is 18.2 Å². The summed E-state index contributed by atoms with van der Waals surface area (Å²) in [6.45, 7) is 0.146. The maximum atomic E-state index is 12.9. The molecule has 0 spiro atoms. The van der Waals surface area contributed by atoms with Crippen LogP contribution >= 0.6 is 11.6 Å². The van der Waals surface area contributed by atoms with Crippen molar-refractivity contribution in [1.29, 1.82) is 0 Å². The molecule has 72 valence electrons. The van der Waals surface area contributed by atoms with Gasteiger partial charge in [0.2, 0.25) is 0 Å². The maximum Gasteiger partial charge on any atom is 0.142 e. The second-order valence-electron chi connectivity index (χ2n) is 2.81. The Morgan fingerprint density at radius 3 is 2.85 bits per heavy atom. The maximum absolute atomic E-state index is 12.9. The standard InChI is InChI=1S/C9H11ClFNO/c10-9-6(4-7(13)5-12)2-1-3-8(9)11/h1-3,7,13H,4-5,12H2. The first-order valence-corrected chi connectivity index (χ1v) is 4.34. The molecule has 0 saturated carbocycles. The monoisotopic (exact) mass is 203 g/mol. The predicted molar refractivity (Wildman–Crippen MR) is 50.2 cm³/mol. The molecule has 0 fully saturated rings. The van der Waals surface area contributed by atoms with Crippen LogP contribution in [0.2, 0.25) is 5.02 Å². The summed E-state index contributed by atoms with van der Waals surface area (Å²) >= 11 is 5.67. The van der Waals surface area contributed by atoms with Crippen LogP contribution in [0.3, 0.4) is 0 Å². The second-order valence-corrected chi connectivity index (χ2v) is 3.18. The van der Waals surface area contributed by atoms with E-state index < -0.39 is 11.9 Å². The molecule has 1 aromatic rings. The smallest absolute Gasteiger partial charge is 0.142 e. The largest absolute Gasteiger partial charge is 0.391 e. The lowest BCUT2D eigenvalue weighted by Crippen LogP contribution is -2.22. The highest BCUT2D eigenvalue weighted by Gasteiger charge is 2.09. The number of benzene rings is 1. The molecule has 0 radical (unpaired) electrons. The zero-order valence-corrected chi connectivity index (χ0v) is 7.76. The van der Waals surface area contributed by atoms with Crippen molar-refractivity contribution in [1.82, 2.24) is 0 Å². The van der Waals surface area contributed by atoms with Crippen molar-refractivity contribution in [3.63, 3.8) is 0 Å². The molecule has 0 aliphatic carbocycles. The van der Waals surface area contributed by atoms with Gasteiger partial charge in [-0.2, -0.15) is 0 Å². The highest BCUT2D eigenvalue weighted by atomic mass is 35.5. The molecule has 0 aromatic heterocycles. The number of hydrogen-bond donors (Lipinski definition) is 2. The summed E-state index contributed by atoms with van der Waals surface area (Å²) in [6.07, 6.45) is -0.383. The fourth-order valence-electron chi connectivity index (χ4n) is 1.04. The summed E-state index contributed by atoms with van der Waals surface area (Å²) in [6, 6.07) is 4.50. The average molecular weight is 204 g/mol. The van der Waals surface area contributed by atoms with Crippen molar-refractivity contribution in [3.8, 4) is 0 Å². The van der Waals surface area contributed by atoms with E-state index in [1.54, 1.807) is 12.1 Å². The Hall–Kier alpha value is -0.640. The summed E-state index contributed by atoms with van der Waals surface area (Å²) in [5.74, 6) is -0.469. The van der Waals surface area contributed by atoms with Gasteiger partial charge in [-0.1, -0.05) is 23.7 Å². The van der Waals surface area contributed by atoms with Crippen LogP contribution < -0.4 is 5.73 Å². The van der Waals surface area contributed by atoms with Gasteiger partial charge in [0.1, 0.15) is 5.82 Å². The Labute approximate surface area is 81.1 Å². The van der Waals surface area contributed by atoms with E-state index in [1.807, 2.05) is 0 Å². The zero-order valence-electron chi connectivity index (χ0n) is 7.00. The molecule has 0 bridgehead atoms. The number of nitrogens with two attached hydrogens (primary N) is 1. The molecule has 0 amide bonds. The van der Waals surface area contributed by atoms with E-state index in [9.17, 15) is 9.50 Å². The summed E-state index contributed by atoms with van der Waals surface area (Å²) in [4.78, 5) is 0. The van der Waals surface area contributed by atoms with Gasteiger partial charge in [0, 0.05) is 13.0 Å². The minimum atomic E-state index is -0.667. The van der Waals surface area contributed by atoms with E-state index in [1.165, 1.54) is 6.07 Å². The van der Waals surface area contributed by atoms with Gasteiger partial charge in [0.05, 0.1) is 11.1 Å². The third-order valence-electron chi connectivity index (χ3n) is 1.76. The summed E-state index contributed by atoms with van der Waals surface area (Å²) < 4.78 is 12.9. The average Bonchev–Trinajstić information content (AvgIpc) is 2.13. The normalized spacial score (nSPS) is 12.9. The lowest BCUT2D eigenvalue weighted by Gasteiger charge is -2.09. The summed E-state index contributed by atoms with van der Waals surface area (Å²) in [5.41, 5.74) is 5.80. The van der Waals surface area contributed by atoms with Gasteiger partial charge in [0.25, 0.3) is 0 Å². The molecular weight excluding hydrogens is 193 g/mol. The van der Waals surface area contributed by atoms with E-state index in [-0.39, 0.29) is 18.0 Å². The Morgan fingerprint density at radius 2 is 2.23 bits per heavy atom. The molecule has 0 heterocycles. The van der Waals surface area contributed by atoms with E-state index in [0.29, 0.717) is 5.56 Å². The molecule has 1 aromatic carbocycles. The molecule has 4 heteroatoms. The lowest BCUT2D eigenvalue weighted by atomic mass is 10.1. The van der Waals surface area contributed by atoms with Crippen LogP contribution in [0.25, 0.3) is 0 Å². The van der Waals surface area contributed by atoms with Gasteiger partial charge in [-0.05, 0) is 11.6 Å². The fourth-order valence-corrected chi connectivity index (χ4v) is 1.25. The molecule has 0 saturated heterocycles. The van der Waals surface area contributed by atoms with Crippen molar-refractivity contribution >= 4 is 11.6 Å². The van der Waals surface area contributed by atoms with E-state index in [0.717, 1.165) is 0 Å². The minimum Gasteiger partial charge on any atom is -0.391 e. The van der Waals surface area contributed by atoms with Gasteiger partial charge in [0.15, 0.2) is 0 Å². The van der Waals surface area contributed by atoms with Gasteiger partial charge >= 0.3 is 0 Å². The molecule has 13 heavy (non-hydrogen) atoms. The fraction of sp³-hybridized carbons (Fsp3) is 0.333. The van der Waals surface area contributed by atoms with Crippen molar-refractivity contribution in [2.45, 2.75) is 12.5 Å². The predicted octanol–water partition coefficient (Wildman–Crippen LogP) is 1.34. The first-order valence-electron chi connectivity index (χ1n) is 3.96. The molecule has 2 nitrogen and oxygen atoms in total. The Morgan fingerprint density at radius 1 is 1.54 bits per heavy atom. The highest BCUT2D eigenvalue weighted by Crippen LogP contribution is 2.20. The third kappa shape index (κ3) is 2.66. The molecule has 0 aliphatic rings. The van der Waals surface area contributed by atoms with Gasteiger partial charge in [-0.25, -0.2) is 4.39 Å². The Kier molecular flexibility index (Phi) is 3.66. The number of aliphatic hydroxyl groups excluding tert-OH is 1. The Balaban J connectivity index is 2.83.